The van der Waals surface area contributed by atoms with Crippen LogP contribution in [0.1, 0.15) is 22.8 Å². The number of benzene rings is 3. The molecule has 1 unspecified atom stereocenters. The van der Waals surface area contributed by atoms with Gasteiger partial charge >= 0.3 is 6.18 Å². The minimum atomic E-state index is -4.52. The van der Waals surface area contributed by atoms with E-state index < -0.39 is 29.7 Å². The van der Waals surface area contributed by atoms with Gasteiger partial charge in [0.25, 0.3) is 11.8 Å². The first-order chi connectivity index (χ1) is 15.1. The van der Waals surface area contributed by atoms with Gasteiger partial charge in [-0.25, -0.2) is 0 Å². The van der Waals surface area contributed by atoms with Crippen molar-refractivity contribution in [2.24, 2.45) is 0 Å². The molecule has 166 valence electrons. The van der Waals surface area contributed by atoms with Gasteiger partial charge in [0.1, 0.15) is 5.75 Å². The van der Waals surface area contributed by atoms with Gasteiger partial charge in [-0.1, -0.05) is 35.9 Å². The number of para-hydroxylation sites is 1. The molecule has 0 aliphatic heterocycles. The largest absolute Gasteiger partial charge is 0.479 e. The highest BCUT2D eigenvalue weighted by molar-refractivity contribution is 6.32. The minimum absolute atomic E-state index is 0.000950. The summed E-state index contributed by atoms with van der Waals surface area (Å²) in [4.78, 5) is 24.9. The van der Waals surface area contributed by atoms with E-state index in [2.05, 4.69) is 10.6 Å². The summed E-state index contributed by atoms with van der Waals surface area (Å²) in [5.41, 5.74) is -0.397. The average Bonchev–Trinajstić information content (AvgIpc) is 2.75. The lowest BCUT2D eigenvalue weighted by Gasteiger charge is -2.16. The first-order valence-corrected chi connectivity index (χ1v) is 9.82. The number of nitrogens with one attached hydrogen (secondary N) is 2. The molecule has 0 saturated carbocycles. The van der Waals surface area contributed by atoms with Crippen molar-refractivity contribution >= 4 is 34.8 Å². The molecule has 2 N–H and O–H groups in total. The molecule has 0 heterocycles. The summed E-state index contributed by atoms with van der Waals surface area (Å²) in [6.07, 6.45) is -5.40. The van der Waals surface area contributed by atoms with Gasteiger partial charge in [-0.05, 0) is 55.5 Å². The van der Waals surface area contributed by atoms with Gasteiger partial charge in [-0.15, -0.1) is 0 Å². The second-order valence-electron chi connectivity index (χ2n) is 6.79. The Labute approximate surface area is 187 Å². The lowest BCUT2D eigenvalue weighted by molar-refractivity contribution is -0.137. The van der Waals surface area contributed by atoms with Crippen LogP contribution in [0.2, 0.25) is 5.02 Å². The molecule has 0 aromatic heterocycles. The van der Waals surface area contributed by atoms with Crippen molar-refractivity contribution in [3.63, 3.8) is 0 Å². The maximum absolute atomic E-state index is 12.9. The van der Waals surface area contributed by atoms with Gasteiger partial charge in [0, 0.05) is 16.9 Å². The molecular weight excluding hydrogens is 445 g/mol. The first-order valence-electron chi connectivity index (χ1n) is 9.44. The van der Waals surface area contributed by atoms with E-state index >= 15 is 0 Å². The highest BCUT2D eigenvalue weighted by Gasteiger charge is 2.30. The van der Waals surface area contributed by atoms with Gasteiger partial charge in [0.2, 0.25) is 0 Å². The van der Waals surface area contributed by atoms with Crippen LogP contribution in [0.15, 0.2) is 72.8 Å². The van der Waals surface area contributed by atoms with E-state index in [4.69, 9.17) is 16.3 Å². The smallest absolute Gasteiger partial charge is 0.416 e. The van der Waals surface area contributed by atoms with E-state index in [0.717, 1.165) is 12.1 Å². The Hall–Kier alpha value is -3.52. The van der Waals surface area contributed by atoms with Crippen molar-refractivity contribution < 1.29 is 27.5 Å². The number of ether oxygens (including phenoxy) is 1. The number of amides is 2. The molecule has 0 bridgehead atoms. The van der Waals surface area contributed by atoms with E-state index in [-0.39, 0.29) is 11.3 Å². The standard InChI is InChI=1S/C23H18ClF3N2O3/c1-14(32-20-11-3-2-10-19(20)24)21(30)28-17-8-4-6-15(12-17)22(31)29-18-9-5-7-16(13-18)23(25,26)27/h2-14H,1H3,(H,28,30)(H,29,31). The van der Waals surface area contributed by atoms with Crippen LogP contribution in [-0.4, -0.2) is 17.9 Å². The van der Waals surface area contributed by atoms with Crippen molar-refractivity contribution in [2.45, 2.75) is 19.2 Å². The number of alkyl halides is 3. The fourth-order valence-electron chi connectivity index (χ4n) is 2.74. The topological polar surface area (TPSA) is 67.4 Å². The lowest BCUT2D eigenvalue weighted by Crippen LogP contribution is -2.30. The number of carbonyl (C=O) groups is 2. The predicted octanol–water partition coefficient (Wildman–Crippen LogP) is 6.02. The van der Waals surface area contributed by atoms with Crippen molar-refractivity contribution in [3.8, 4) is 5.75 Å². The van der Waals surface area contributed by atoms with Crippen LogP contribution in [0, 0.1) is 0 Å². The quantitative estimate of drug-likeness (QED) is 0.471. The highest BCUT2D eigenvalue weighted by atomic mass is 35.5. The number of hydrogen-bond acceptors (Lipinski definition) is 3. The summed E-state index contributed by atoms with van der Waals surface area (Å²) in [5, 5.41) is 5.42. The molecule has 9 heteroatoms. The highest BCUT2D eigenvalue weighted by Crippen LogP contribution is 2.31. The summed E-state index contributed by atoms with van der Waals surface area (Å²) in [6, 6.07) is 17.0. The third-order valence-corrected chi connectivity index (χ3v) is 4.66. The summed E-state index contributed by atoms with van der Waals surface area (Å²) in [7, 11) is 0. The van der Waals surface area contributed by atoms with E-state index in [0.29, 0.717) is 16.5 Å². The number of rotatable bonds is 6. The molecule has 0 aliphatic carbocycles. The zero-order valence-electron chi connectivity index (χ0n) is 16.7. The van der Waals surface area contributed by atoms with Crippen LogP contribution in [-0.2, 0) is 11.0 Å². The number of carbonyl (C=O) groups excluding carboxylic acids is 2. The van der Waals surface area contributed by atoms with E-state index in [1.165, 1.54) is 30.3 Å². The minimum Gasteiger partial charge on any atom is -0.479 e. The summed E-state index contributed by atoms with van der Waals surface area (Å²) >= 11 is 6.03. The number of hydrogen-bond donors (Lipinski definition) is 2. The van der Waals surface area contributed by atoms with Crippen LogP contribution in [0.5, 0.6) is 5.75 Å². The predicted molar refractivity (Wildman–Crippen MR) is 116 cm³/mol. The fraction of sp³-hybridized carbons (Fsp3) is 0.130. The second kappa shape index (κ2) is 9.74. The van der Waals surface area contributed by atoms with Crippen molar-refractivity contribution in [1.82, 2.24) is 0 Å². The molecule has 32 heavy (non-hydrogen) atoms. The molecule has 3 rings (SSSR count). The molecule has 1 atom stereocenters. The molecule has 0 aliphatic rings. The molecule has 0 fully saturated rings. The van der Waals surface area contributed by atoms with Crippen molar-refractivity contribution in [2.75, 3.05) is 10.6 Å². The number of anilines is 2. The van der Waals surface area contributed by atoms with Gasteiger partial charge in [-0.2, -0.15) is 13.2 Å². The van der Waals surface area contributed by atoms with Gasteiger partial charge < -0.3 is 15.4 Å². The average molecular weight is 463 g/mol. The lowest BCUT2D eigenvalue weighted by atomic mass is 10.1. The zero-order chi connectivity index (χ0) is 23.3. The Morgan fingerprint density at radius 2 is 1.56 bits per heavy atom. The van der Waals surface area contributed by atoms with Gasteiger partial charge in [0.15, 0.2) is 6.10 Å². The maximum Gasteiger partial charge on any atom is 0.416 e. The van der Waals surface area contributed by atoms with Crippen LogP contribution in [0.25, 0.3) is 0 Å². The zero-order valence-corrected chi connectivity index (χ0v) is 17.5. The summed E-state index contributed by atoms with van der Waals surface area (Å²) in [5.74, 6) is -0.743. The van der Waals surface area contributed by atoms with Crippen molar-refractivity contribution in [1.29, 1.82) is 0 Å². The van der Waals surface area contributed by atoms with Crippen LogP contribution < -0.4 is 15.4 Å². The van der Waals surface area contributed by atoms with E-state index in [9.17, 15) is 22.8 Å². The van der Waals surface area contributed by atoms with E-state index in [1.807, 2.05) is 0 Å². The molecule has 0 saturated heterocycles. The van der Waals surface area contributed by atoms with Crippen LogP contribution in [0.4, 0.5) is 24.5 Å². The third kappa shape index (κ3) is 6.01. The summed E-state index contributed by atoms with van der Waals surface area (Å²) < 4.78 is 44.1. The number of halogens is 4. The second-order valence-corrected chi connectivity index (χ2v) is 7.20. The fourth-order valence-corrected chi connectivity index (χ4v) is 2.92. The van der Waals surface area contributed by atoms with Gasteiger partial charge in [0.05, 0.1) is 10.6 Å². The SMILES string of the molecule is CC(Oc1ccccc1Cl)C(=O)Nc1cccc(C(=O)Nc2cccc(C(F)(F)F)c2)c1. The molecular formula is C23H18ClF3N2O3. The molecule has 0 radical (unpaired) electrons. The Balaban J connectivity index is 1.66. The first kappa shape index (κ1) is 23.1. The Morgan fingerprint density at radius 3 is 2.25 bits per heavy atom. The molecule has 5 nitrogen and oxygen atoms in total. The monoisotopic (exact) mass is 462 g/mol. The molecule has 3 aromatic rings. The Bertz CT molecular complexity index is 1140. The van der Waals surface area contributed by atoms with Crippen LogP contribution >= 0.6 is 11.6 Å². The Morgan fingerprint density at radius 1 is 0.906 bits per heavy atom. The Kier molecular flexibility index (Phi) is 7.05. The van der Waals surface area contributed by atoms with Crippen molar-refractivity contribution in [3.05, 3.63) is 88.9 Å². The molecule has 0 spiro atoms. The molecule has 3 aromatic carbocycles. The summed E-state index contributed by atoms with van der Waals surface area (Å²) in [6.45, 7) is 1.54. The van der Waals surface area contributed by atoms with Crippen LogP contribution in [0.3, 0.4) is 0 Å². The maximum atomic E-state index is 12.9. The third-order valence-electron chi connectivity index (χ3n) is 4.35. The van der Waals surface area contributed by atoms with Gasteiger partial charge in [-0.3, -0.25) is 9.59 Å². The van der Waals surface area contributed by atoms with E-state index in [1.54, 1.807) is 37.3 Å². The molecule has 2 amide bonds. The normalized spacial score (nSPS) is 12.0.